The smallest absolute Gasteiger partial charge is 0.0297 e. The summed E-state index contributed by atoms with van der Waals surface area (Å²) in [6.45, 7) is 4.40. The monoisotopic (exact) mass is 289 g/mol. The van der Waals surface area contributed by atoms with Gasteiger partial charge in [0.15, 0.2) is 0 Å². The Labute approximate surface area is 93.9 Å². The zero-order valence-electron chi connectivity index (χ0n) is 8.13. The van der Waals surface area contributed by atoms with Crippen LogP contribution in [0.4, 0.5) is 0 Å². The van der Waals surface area contributed by atoms with Crippen molar-refractivity contribution in [3.05, 3.63) is 33.4 Å². The first kappa shape index (κ1) is 11.0. The highest BCUT2D eigenvalue weighted by Gasteiger charge is 2.07. The first-order valence-corrected chi connectivity index (χ1v) is 5.68. The molecule has 0 radical (unpaired) electrons. The number of benzene rings is 1. The maximum atomic E-state index is 6.04. The van der Waals surface area contributed by atoms with Crippen LogP contribution in [-0.2, 0) is 0 Å². The van der Waals surface area contributed by atoms with Gasteiger partial charge in [0.05, 0.1) is 0 Å². The number of hydrogen-bond donors (Lipinski definition) is 1. The Morgan fingerprint density at radius 3 is 2.23 bits per heavy atom. The standard InChI is InChI=1S/C11H16IN/c1-8(2)7-11(13)9-3-5-10(12)6-4-9/h3-6,8,11H,7,13H2,1-2H3/t11-/m0/s1. The van der Waals surface area contributed by atoms with Crippen LogP contribution in [0.1, 0.15) is 31.9 Å². The SMILES string of the molecule is CC(C)C[C@H](N)c1ccc(I)cc1. The molecule has 0 amide bonds. The number of hydrogen-bond acceptors (Lipinski definition) is 1. The average molecular weight is 289 g/mol. The lowest BCUT2D eigenvalue weighted by Gasteiger charge is -2.14. The molecule has 1 rings (SSSR count). The number of rotatable bonds is 3. The third-order valence-corrected chi connectivity index (χ3v) is 2.74. The Hall–Kier alpha value is -0.0900. The number of nitrogens with two attached hydrogens (primary N) is 1. The lowest BCUT2D eigenvalue weighted by Crippen LogP contribution is -2.12. The summed E-state index contributed by atoms with van der Waals surface area (Å²) >= 11 is 2.30. The van der Waals surface area contributed by atoms with E-state index >= 15 is 0 Å². The summed E-state index contributed by atoms with van der Waals surface area (Å²) in [7, 11) is 0. The Bertz CT molecular complexity index is 253. The van der Waals surface area contributed by atoms with Gasteiger partial charge in [-0.2, -0.15) is 0 Å². The van der Waals surface area contributed by atoms with E-state index < -0.39 is 0 Å². The van der Waals surface area contributed by atoms with E-state index in [4.69, 9.17) is 5.73 Å². The Kier molecular flexibility index (Phi) is 4.19. The highest BCUT2D eigenvalue weighted by molar-refractivity contribution is 14.1. The van der Waals surface area contributed by atoms with Crippen LogP contribution in [0.2, 0.25) is 0 Å². The van der Waals surface area contributed by atoms with Crippen LogP contribution in [0.25, 0.3) is 0 Å². The third-order valence-electron chi connectivity index (χ3n) is 2.02. The van der Waals surface area contributed by atoms with Gasteiger partial charge in [-0.15, -0.1) is 0 Å². The molecule has 72 valence electrons. The average Bonchev–Trinajstić information content (AvgIpc) is 2.04. The Morgan fingerprint density at radius 2 is 1.77 bits per heavy atom. The molecule has 0 unspecified atom stereocenters. The fourth-order valence-corrected chi connectivity index (χ4v) is 1.71. The summed E-state index contributed by atoms with van der Waals surface area (Å²) in [4.78, 5) is 0. The topological polar surface area (TPSA) is 26.0 Å². The highest BCUT2D eigenvalue weighted by Crippen LogP contribution is 2.19. The van der Waals surface area contributed by atoms with Gasteiger partial charge in [0.1, 0.15) is 0 Å². The highest BCUT2D eigenvalue weighted by atomic mass is 127. The van der Waals surface area contributed by atoms with Gasteiger partial charge < -0.3 is 5.73 Å². The summed E-state index contributed by atoms with van der Waals surface area (Å²) in [5.74, 6) is 0.661. The van der Waals surface area contributed by atoms with Crippen LogP contribution in [0.3, 0.4) is 0 Å². The molecule has 1 aromatic carbocycles. The molecular formula is C11H16IN. The van der Waals surface area contributed by atoms with Gasteiger partial charge in [-0.25, -0.2) is 0 Å². The van der Waals surface area contributed by atoms with Crippen LogP contribution in [0.5, 0.6) is 0 Å². The third kappa shape index (κ3) is 3.65. The molecule has 1 aromatic rings. The molecule has 0 aliphatic rings. The molecule has 0 saturated carbocycles. The van der Waals surface area contributed by atoms with E-state index in [1.54, 1.807) is 0 Å². The molecule has 0 aliphatic carbocycles. The van der Waals surface area contributed by atoms with E-state index in [0.717, 1.165) is 6.42 Å². The van der Waals surface area contributed by atoms with E-state index in [1.165, 1.54) is 9.13 Å². The van der Waals surface area contributed by atoms with Crippen molar-refractivity contribution >= 4 is 22.6 Å². The van der Waals surface area contributed by atoms with E-state index in [0.29, 0.717) is 5.92 Å². The van der Waals surface area contributed by atoms with Gasteiger partial charge >= 0.3 is 0 Å². The molecule has 0 aliphatic heterocycles. The van der Waals surface area contributed by atoms with Gasteiger partial charge in [-0.05, 0) is 52.6 Å². The van der Waals surface area contributed by atoms with E-state index in [-0.39, 0.29) is 6.04 Å². The van der Waals surface area contributed by atoms with E-state index in [9.17, 15) is 0 Å². The zero-order chi connectivity index (χ0) is 9.84. The second kappa shape index (κ2) is 4.96. The minimum Gasteiger partial charge on any atom is -0.324 e. The van der Waals surface area contributed by atoms with Gasteiger partial charge in [-0.3, -0.25) is 0 Å². The zero-order valence-corrected chi connectivity index (χ0v) is 10.3. The molecule has 0 heterocycles. The van der Waals surface area contributed by atoms with Crippen molar-refractivity contribution in [3.63, 3.8) is 0 Å². The summed E-state index contributed by atoms with van der Waals surface area (Å²) in [6, 6.07) is 8.65. The quantitative estimate of drug-likeness (QED) is 0.849. The summed E-state index contributed by atoms with van der Waals surface area (Å²) in [5, 5.41) is 0. The van der Waals surface area contributed by atoms with Crippen LogP contribution in [0.15, 0.2) is 24.3 Å². The van der Waals surface area contributed by atoms with E-state index in [1.807, 2.05) is 0 Å². The van der Waals surface area contributed by atoms with Gasteiger partial charge in [0.25, 0.3) is 0 Å². The van der Waals surface area contributed by atoms with E-state index in [2.05, 4.69) is 60.7 Å². The lowest BCUT2D eigenvalue weighted by atomic mass is 9.98. The fraction of sp³-hybridized carbons (Fsp3) is 0.455. The summed E-state index contributed by atoms with van der Waals surface area (Å²) in [6.07, 6.45) is 1.06. The molecule has 1 atom stereocenters. The summed E-state index contributed by atoms with van der Waals surface area (Å²) in [5.41, 5.74) is 7.29. The van der Waals surface area contributed by atoms with Crippen molar-refractivity contribution in [2.75, 3.05) is 0 Å². The first-order chi connectivity index (χ1) is 6.09. The van der Waals surface area contributed by atoms with Crippen molar-refractivity contribution < 1.29 is 0 Å². The first-order valence-electron chi connectivity index (χ1n) is 4.60. The van der Waals surface area contributed by atoms with Crippen molar-refractivity contribution in [2.45, 2.75) is 26.3 Å². The Balaban J connectivity index is 2.66. The van der Waals surface area contributed by atoms with Crippen LogP contribution in [-0.4, -0.2) is 0 Å². The Morgan fingerprint density at radius 1 is 1.23 bits per heavy atom. The van der Waals surface area contributed by atoms with Gasteiger partial charge in [0.2, 0.25) is 0 Å². The molecule has 0 spiro atoms. The van der Waals surface area contributed by atoms with Crippen LogP contribution >= 0.6 is 22.6 Å². The maximum absolute atomic E-state index is 6.04. The van der Waals surface area contributed by atoms with Crippen molar-refractivity contribution in [1.82, 2.24) is 0 Å². The predicted octanol–water partition coefficient (Wildman–Crippen LogP) is 3.34. The number of halogens is 1. The lowest BCUT2D eigenvalue weighted by molar-refractivity contribution is 0.510. The molecular weight excluding hydrogens is 273 g/mol. The molecule has 13 heavy (non-hydrogen) atoms. The molecule has 1 nitrogen and oxygen atoms in total. The largest absolute Gasteiger partial charge is 0.324 e. The van der Waals surface area contributed by atoms with Crippen molar-refractivity contribution in [3.8, 4) is 0 Å². The van der Waals surface area contributed by atoms with Crippen LogP contribution in [0, 0.1) is 9.49 Å². The molecule has 0 saturated heterocycles. The fourth-order valence-electron chi connectivity index (χ4n) is 1.35. The molecule has 2 N–H and O–H groups in total. The predicted molar refractivity (Wildman–Crippen MR) is 65.5 cm³/mol. The second-order valence-electron chi connectivity index (χ2n) is 3.79. The van der Waals surface area contributed by atoms with Crippen molar-refractivity contribution in [2.24, 2.45) is 11.7 Å². The van der Waals surface area contributed by atoms with Crippen LogP contribution < -0.4 is 5.73 Å². The van der Waals surface area contributed by atoms with Crippen molar-refractivity contribution in [1.29, 1.82) is 0 Å². The maximum Gasteiger partial charge on any atom is 0.0297 e. The molecule has 0 fully saturated rings. The normalized spacial score (nSPS) is 13.3. The molecule has 0 bridgehead atoms. The summed E-state index contributed by atoms with van der Waals surface area (Å²) < 4.78 is 1.26. The second-order valence-corrected chi connectivity index (χ2v) is 5.03. The molecule has 2 heteroatoms. The minimum atomic E-state index is 0.192. The molecule has 0 aromatic heterocycles. The van der Waals surface area contributed by atoms with Gasteiger partial charge in [0, 0.05) is 9.61 Å². The minimum absolute atomic E-state index is 0.192. The van der Waals surface area contributed by atoms with Gasteiger partial charge in [-0.1, -0.05) is 26.0 Å².